The van der Waals surface area contributed by atoms with Crippen molar-refractivity contribution in [2.75, 3.05) is 27.2 Å². The molecule has 4 nitrogen and oxygen atoms in total. The van der Waals surface area contributed by atoms with Gasteiger partial charge < -0.3 is 15.3 Å². The second-order valence-corrected chi connectivity index (χ2v) is 4.18. The van der Waals surface area contributed by atoms with Crippen molar-refractivity contribution in [3.63, 3.8) is 0 Å². The molecule has 0 unspecified atom stereocenters. The number of aliphatic carboxylic acids is 1. The monoisotopic (exact) mass is 216 g/mol. The van der Waals surface area contributed by atoms with Crippen molar-refractivity contribution >= 4 is 5.97 Å². The van der Waals surface area contributed by atoms with Gasteiger partial charge in [0, 0.05) is 0 Å². The van der Waals surface area contributed by atoms with Gasteiger partial charge in [-0.15, -0.1) is 0 Å². The first-order chi connectivity index (χ1) is 6.98. The number of hydrogen-bond acceptors (Lipinski definition) is 3. The van der Waals surface area contributed by atoms with E-state index in [0.717, 1.165) is 19.5 Å². The summed E-state index contributed by atoms with van der Waals surface area (Å²) in [6.45, 7) is 5.56. The van der Waals surface area contributed by atoms with Gasteiger partial charge >= 0.3 is 5.97 Å². The molecule has 0 radical (unpaired) electrons. The van der Waals surface area contributed by atoms with Crippen molar-refractivity contribution in [2.45, 2.75) is 38.6 Å². The molecule has 0 heterocycles. The van der Waals surface area contributed by atoms with Gasteiger partial charge in [-0.3, -0.25) is 4.79 Å². The Kier molecular flexibility index (Phi) is 6.52. The molecule has 0 aliphatic heterocycles. The Hall–Kier alpha value is -0.610. The zero-order valence-electron chi connectivity index (χ0n) is 10.3. The second kappa shape index (κ2) is 6.80. The quantitative estimate of drug-likeness (QED) is 0.598. The minimum absolute atomic E-state index is 0.626. The van der Waals surface area contributed by atoms with E-state index in [4.69, 9.17) is 5.11 Å². The van der Waals surface area contributed by atoms with Crippen molar-refractivity contribution in [1.29, 1.82) is 0 Å². The number of carboxylic acid groups (broad SMARTS) is 1. The molecular weight excluding hydrogens is 192 g/mol. The van der Waals surface area contributed by atoms with Crippen LogP contribution in [0.25, 0.3) is 0 Å². The van der Waals surface area contributed by atoms with Crippen molar-refractivity contribution in [3.8, 4) is 0 Å². The average molecular weight is 216 g/mol. The number of hydrogen-bond donors (Lipinski definition) is 2. The summed E-state index contributed by atoms with van der Waals surface area (Å²) >= 11 is 0. The number of nitrogens with one attached hydrogen (secondary N) is 1. The van der Waals surface area contributed by atoms with Gasteiger partial charge in [-0.1, -0.05) is 13.8 Å². The smallest absolute Gasteiger partial charge is 0.323 e. The standard InChI is InChI=1S/C11H24N2O2/c1-5-11(6-2,10(14)15)12-8-7-9-13(3)4/h12H,5-9H2,1-4H3,(H,14,15). The molecular formula is C11H24N2O2. The summed E-state index contributed by atoms with van der Waals surface area (Å²) in [6, 6.07) is 0. The molecule has 15 heavy (non-hydrogen) atoms. The summed E-state index contributed by atoms with van der Waals surface area (Å²) in [6.07, 6.45) is 2.23. The second-order valence-electron chi connectivity index (χ2n) is 4.18. The molecule has 0 bridgehead atoms. The largest absolute Gasteiger partial charge is 0.480 e. The summed E-state index contributed by atoms with van der Waals surface area (Å²) < 4.78 is 0. The van der Waals surface area contributed by atoms with Crippen LogP contribution in [-0.4, -0.2) is 48.7 Å². The number of carboxylic acids is 1. The van der Waals surface area contributed by atoms with Gasteiger partial charge in [0.15, 0.2) is 0 Å². The lowest BCUT2D eigenvalue weighted by Crippen LogP contribution is -2.51. The van der Waals surface area contributed by atoms with Gasteiger partial charge in [0.2, 0.25) is 0 Å². The van der Waals surface area contributed by atoms with E-state index in [2.05, 4.69) is 10.2 Å². The highest BCUT2D eigenvalue weighted by Crippen LogP contribution is 2.15. The maximum absolute atomic E-state index is 11.1. The first-order valence-corrected chi connectivity index (χ1v) is 5.61. The van der Waals surface area contributed by atoms with Crippen LogP contribution in [0, 0.1) is 0 Å². The minimum Gasteiger partial charge on any atom is -0.480 e. The normalized spacial score (nSPS) is 12.1. The lowest BCUT2D eigenvalue weighted by Gasteiger charge is -2.28. The van der Waals surface area contributed by atoms with E-state index in [-0.39, 0.29) is 0 Å². The fourth-order valence-electron chi connectivity index (χ4n) is 1.60. The molecule has 0 aromatic rings. The van der Waals surface area contributed by atoms with E-state index in [1.54, 1.807) is 0 Å². The molecule has 0 amide bonds. The van der Waals surface area contributed by atoms with Gasteiger partial charge in [0.25, 0.3) is 0 Å². The molecule has 0 aromatic carbocycles. The van der Waals surface area contributed by atoms with Crippen LogP contribution in [0.5, 0.6) is 0 Å². The molecule has 0 atom stereocenters. The van der Waals surface area contributed by atoms with Gasteiger partial charge in [0.05, 0.1) is 0 Å². The van der Waals surface area contributed by atoms with Crippen molar-refractivity contribution in [2.24, 2.45) is 0 Å². The topological polar surface area (TPSA) is 52.6 Å². The number of carbonyl (C=O) groups is 1. The van der Waals surface area contributed by atoms with Gasteiger partial charge in [-0.25, -0.2) is 0 Å². The third-order valence-electron chi connectivity index (χ3n) is 2.86. The van der Waals surface area contributed by atoms with Gasteiger partial charge in [-0.2, -0.15) is 0 Å². The number of nitrogens with zero attached hydrogens (tertiary/aromatic N) is 1. The Morgan fingerprint density at radius 2 is 1.87 bits per heavy atom. The van der Waals surface area contributed by atoms with Crippen LogP contribution in [0.2, 0.25) is 0 Å². The van der Waals surface area contributed by atoms with Gasteiger partial charge in [0.1, 0.15) is 5.54 Å². The van der Waals surface area contributed by atoms with E-state index in [0.29, 0.717) is 12.8 Å². The summed E-state index contributed by atoms with van der Waals surface area (Å²) in [5.74, 6) is -0.739. The predicted octanol–water partition coefficient (Wildman–Crippen LogP) is 1.17. The average Bonchev–Trinajstić information content (AvgIpc) is 2.18. The highest BCUT2D eigenvalue weighted by Gasteiger charge is 2.33. The Bertz CT molecular complexity index is 189. The maximum Gasteiger partial charge on any atom is 0.323 e. The summed E-state index contributed by atoms with van der Waals surface area (Å²) in [5.41, 5.74) is -0.730. The molecule has 0 aromatic heterocycles. The van der Waals surface area contributed by atoms with E-state index >= 15 is 0 Å². The zero-order valence-corrected chi connectivity index (χ0v) is 10.3. The lowest BCUT2D eigenvalue weighted by molar-refractivity contribution is -0.145. The van der Waals surface area contributed by atoms with Crippen molar-refractivity contribution in [1.82, 2.24) is 10.2 Å². The fourth-order valence-corrected chi connectivity index (χ4v) is 1.60. The predicted molar refractivity (Wildman–Crippen MR) is 62.1 cm³/mol. The van der Waals surface area contributed by atoms with Crippen LogP contribution >= 0.6 is 0 Å². The first-order valence-electron chi connectivity index (χ1n) is 5.61. The van der Waals surface area contributed by atoms with Crippen LogP contribution < -0.4 is 5.32 Å². The highest BCUT2D eigenvalue weighted by molar-refractivity contribution is 5.78. The van der Waals surface area contributed by atoms with Crippen LogP contribution in [0.15, 0.2) is 0 Å². The molecule has 0 aliphatic rings. The molecule has 0 aliphatic carbocycles. The van der Waals surface area contributed by atoms with Crippen LogP contribution in [0.4, 0.5) is 0 Å². The van der Waals surface area contributed by atoms with Crippen LogP contribution in [0.3, 0.4) is 0 Å². The molecule has 0 fully saturated rings. The molecule has 0 rings (SSSR count). The van der Waals surface area contributed by atoms with Gasteiger partial charge in [-0.05, 0) is 46.4 Å². The molecule has 0 saturated heterocycles. The Balaban J connectivity index is 4.02. The molecule has 4 heteroatoms. The summed E-state index contributed by atoms with van der Waals surface area (Å²) in [7, 11) is 4.04. The Labute approximate surface area is 92.7 Å². The third-order valence-corrected chi connectivity index (χ3v) is 2.86. The minimum atomic E-state index is -0.739. The van der Waals surface area contributed by atoms with Crippen molar-refractivity contribution < 1.29 is 9.90 Å². The molecule has 0 spiro atoms. The Morgan fingerprint density at radius 1 is 1.33 bits per heavy atom. The van der Waals surface area contributed by atoms with E-state index in [1.807, 2.05) is 27.9 Å². The highest BCUT2D eigenvalue weighted by atomic mass is 16.4. The summed E-state index contributed by atoms with van der Waals surface area (Å²) in [4.78, 5) is 13.2. The molecule has 90 valence electrons. The van der Waals surface area contributed by atoms with E-state index in [9.17, 15) is 4.79 Å². The SMILES string of the molecule is CCC(CC)(NCCCN(C)C)C(=O)O. The van der Waals surface area contributed by atoms with Crippen LogP contribution in [0.1, 0.15) is 33.1 Å². The van der Waals surface area contributed by atoms with E-state index in [1.165, 1.54) is 0 Å². The molecule has 2 N–H and O–H groups in total. The van der Waals surface area contributed by atoms with Crippen LogP contribution in [-0.2, 0) is 4.79 Å². The maximum atomic E-state index is 11.1. The number of rotatable bonds is 8. The molecule has 0 saturated carbocycles. The van der Waals surface area contributed by atoms with E-state index < -0.39 is 11.5 Å². The summed E-state index contributed by atoms with van der Waals surface area (Å²) in [5, 5.41) is 12.3. The zero-order chi connectivity index (χ0) is 11.9. The fraction of sp³-hybridized carbons (Fsp3) is 0.909. The first kappa shape index (κ1) is 14.4. The van der Waals surface area contributed by atoms with Crippen molar-refractivity contribution in [3.05, 3.63) is 0 Å². The third kappa shape index (κ3) is 4.62. The lowest BCUT2D eigenvalue weighted by atomic mass is 9.93. The Morgan fingerprint density at radius 3 is 2.20 bits per heavy atom.